The first-order chi connectivity index (χ1) is 18.0. The summed E-state index contributed by atoms with van der Waals surface area (Å²) in [4.78, 5) is 13.3. The van der Waals surface area contributed by atoms with Crippen LogP contribution < -0.4 is 15.2 Å². The molecule has 0 spiro atoms. The minimum atomic E-state index is -3.89. The van der Waals surface area contributed by atoms with Gasteiger partial charge in [0.05, 0.1) is 31.1 Å². The molecule has 0 saturated heterocycles. The lowest BCUT2D eigenvalue weighted by molar-refractivity contribution is -0.0324. The smallest absolute Gasteiger partial charge is 0.478 e. The first-order valence-corrected chi connectivity index (χ1v) is 14.7. The molecular weight excluding hydrogens is 521 g/mol. The summed E-state index contributed by atoms with van der Waals surface area (Å²) in [5.41, 5.74) is 8.57. The van der Waals surface area contributed by atoms with Crippen molar-refractivity contribution in [3.63, 3.8) is 0 Å². The van der Waals surface area contributed by atoms with Crippen LogP contribution in [0.1, 0.15) is 84.2 Å². The molecule has 39 heavy (non-hydrogen) atoms. The summed E-state index contributed by atoms with van der Waals surface area (Å²) in [5, 5.41) is 0. The Morgan fingerprint density at radius 3 is 2.13 bits per heavy atom. The van der Waals surface area contributed by atoms with Crippen LogP contribution in [0.4, 0.5) is 5.69 Å². The number of rotatable bonds is 10. The van der Waals surface area contributed by atoms with Gasteiger partial charge in [0.25, 0.3) is 0 Å². The van der Waals surface area contributed by atoms with Gasteiger partial charge in [-0.05, 0) is 103 Å². The molecule has 1 aromatic carbocycles. The third kappa shape index (κ3) is 7.66. The molecule has 2 N–H and O–H groups in total. The highest BCUT2D eigenvalue weighted by Crippen LogP contribution is 2.55. The number of phosphoric acid groups is 1. The van der Waals surface area contributed by atoms with E-state index in [1.54, 1.807) is 48.7 Å². The van der Waals surface area contributed by atoms with Crippen LogP contribution in [0.15, 0.2) is 29.0 Å². The molecule has 0 bridgehead atoms. The van der Waals surface area contributed by atoms with E-state index in [1.807, 2.05) is 19.9 Å². The molecule has 9 nitrogen and oxygen atoms in total. The largest absolute Gasteiger partial charge is 0.493 e. The summed E-state index contributed by atoms with van der Waals surface area (Å²) in [5.74, 6) is 1.63. The third-order valence-corrected chi connectivity index (χ3v) is 8.41. The molecule has 0 aromatic heterocycles. The lowest BCUT2D eigenvalue weighted by Gasteiger charge is -2.31. The minimum Gasteiger partial charge on any atom is -0.493 e. The average molecular weight is 566 g/mol. The number of carbonyl (C=O) groups excluding carboxylic acids is 1. The Bertz CT molecular complexity index is 1190. The fraction of sp³-hybridized carbons (Fsp3) is 0.621. The monoisotopic (exact) mass is 565 g/mol. The number of hydrogen-bond acceptors (Lipinski definition) is 9. The Morgan fingerprint density at radius 1 is 1.00 bits per heavy atom. The fourth-order valence-corrected chi connectivity index (χ4v) is 6.90. The van der Waals surface area contributed by atoms with E-state index in [-0.39, 0.29) is 24.4 Å². The van der Waals surface area contributed by atoms with Crippen LogP contribution in [-0.2, 0) is 29.3 Å². The molecule has 1 aromatic rings. The number of allylic oxidation sites excluding steroid dienone is 3. The van der Waals surface area contributed by atoms with E-state index < -0.39 is 19.0 Å². The minimum absolute atomic E-state index is 0.0417. The van der Waals surface area contributed by atoms with Crippen molar-refractivity contribution in [1.29, 1.82) is 0 Å². The molecule has 0 aliphatic heterocycles. The number of phosphoric ester groups is 1. The molecule has 0 radical (unpaired) electrons. The van der Waals surface area contributed by atoms with Gasteiger partial charge in [-0.2, -0.15) is 0 Å². The van der Waals surface area contributed by atoms with Gasteiger partial charge in [-0.1, -0.05) is 6.08 Å². The second-order valence-corrected chi connectivity index (χ2v) is 13.7. The average Bonchev–Trinajstić information content (AvgIpc) is 3.07. The number of Topliss-reactive ketones (excluding diaryl/α,β-unsaturated/α-hetero) is 1. The standard InChI is InChI=1S/C29H44NO8P/c1-17-11-19(13-21-14-20-15-22(33-9)27(34-10)24(30)23(20)25(21)31)12-18(2)26(17)35-16-36-39(32,37-28(3,4)5)38-29(6,7)8/h11,15,19,21H,12-14,16,30H2,1-10H3. The lowest BCUT2D eigenvalue weighted by atomic mass is 9.83. The van der Waals surface area contributed by atoms with E-state index in [1.165, 1.54) is 7.11 Å². The molecule has 2 aliphatic carbocycles. The first kappa shape index (κ1) is 31.2. The number of nitrogens with two attached hydrogens (primary N) is 1. The van der Waals surface area contributed by atoms with Gasteiger partial charge < -0.3 is 19.9 Å². The number of carbonyl (C=O) groups is 1. The Kier molecular flexibility index (Phi) is 9.33. The van der Waals surface area contributed by atoms with Crippen molar-refractivity contribution >= 4 is 19.3 Å². The number of benzene rings is 1. The van der Waals surface area contributed by atoms with Crippen LogP contribution in [0.3, 0.4) is 0 Å². The van der Waals surface area contributed by atoms with Crippen LogP contribution in [-0.4, -0.2) is 38.0 Å². The van der Waals surface area contributed by atoms with Gasteiger partial charge >= 0.3 is 7.82 Å². The maximum atomic E-state index is 13.3. The molecule has 0 amide bonds. The molecular formula is C29H44NO8P. The van der Waals surface area contributed by atoms with Gasteiger partial charge in [-0.15, -0.1) is 0 Å². The third-order valence-electron chi connectivity index (χ3n) is 6.44. The highest BCUT2D eigenvalue weighted by Gasteiger charge is 2.39. The molecule has 3 rings (SSSR count). The number of nitrogen functional groups attached to an aromatic ring is 1. The van der Waals surface area contributed by atoms with E-state index in [9.17, 15) is 9.36 Å². The van der Waals surface area contributed by atoms with Crippen molar-refractivity contribution in [2.75, 3.05) is 26.7 Å². The normalized spacial score (nSPS) is 20.2. The Morgan fingerprint density at radius 2 is 1.62 bits per heavy atom. The molecule has 0 fully saturated rings. The summed E-state index contributed by atoms with van der Waals surface area (Å²) in [6.07, 6.45) is 4.15. The molecule has 0 heterocycles. The highest BCUT2D eigenvalue weighted by atomic mass is 31.2. The number of methoxy groups -OCH3 is 2. The zero-order valence-corrected chi connectivity index (χ0v) is 25.8. The van der Waals surface area contributed by atoms with Crippen LogP contribution >= 0.6 is 7.82 Å². The van der Waals surface area contributed by atoms with Gasteiger partial charge in [0.15, 0.2) is 24.1 Å². The van der Waals surface area contributed by atoms with Crippen molar-refractivity contribution < 1.29 is 37.1 Å². The van der Waals surface area contributed by atoms with Gasteiger partial charge in [-0.3, -0.25) is 13.8 Å². The number of hydrogen-bond donors (Lipinski definition) is 1. The summed E-state index contributed by atoms with van der Waals surface area (Å²) < 4.78 is 46.9. The molecule has 2 unspecified atom stereocenters. The Balaban J connectivity index is 1.66. The van der Waals surface area contributed by atoms with E-state index in [2.05, 4.69) is 6.08 Å². The molecule has 2 aliphatic rings. The number of anilines is 1. The van der Waals surface area contributed by atoms with Gasteiger partial charge in [-0.25, -0.2) is 9.09 Å². The van der Waals surface area contributed by atoms with Crippen LogP contribution in [0.5, 0.6) is 11.5 Å². The summed E-state index contributed by atoms with van der Waals surface area (Å²) in [6, 6.07) is 1.85. The van der Waals surface area contributed by atoms with E-state index in [0.29, 0.717) is 41.4 Å². The van der Waals surface area contributed by atoms with Crippen molar-refractivity contribution in [2.45, 2.75) is 85.9 Å². The van der Waals surface area contributed by atoms with Gasteiger partial charge in [0.2, 0.25) is 0 Å². The number of ether oxygens (including phenoxy) is 3. The highest BCUT2D eigenvalue weighted by molar-refractivity contribution is 7.48. The molecule has 2 atom stereocenters. The predicted molar refractivity (Wildman–Crippen MR) is 151 cm³/mol. The topological polar surface area (TPSA) is 116 Å². The zero-order chi connectivity index (χ0) is 29.3. The van der Waals surface area contributed by atoms with Crippen molar-refractivity contribution in [3.8, 4) is 11.5 Å². The van der Waals surface area contributed by atoms with Crippen LogP contribution in [0, 0.1) is 11.8 Å². The first-order valence-electron chi connectivity index (χ1n) is 13.2. The SMILES string of the molecule is COc1cc2c(c(N)c1OC)C(=O)C(CC1C=C(C)C(OCOP(=O)(OC(C)(C)C)OC(C)(C)C)=C(C)C1)C2. The summed E-state index contributed by atoms with van der Waals surface area (Å²) in [7, 11) is -0.814. The summed E-state index contributed by atoms with van der Waals surface area (Å²) >= 11 is 0. The predicted octanol–water partition coefficient (Wildman–Crippen LogP) is 7.00. The second-order valence-electron chi connectivity index (χ2n) is 12.2. The Hall–Kier alpha value is -2.32. The second kappa shape index (κ2) is 11.7. The molecule has 10 heteroatoms. The van der Waals surface area contributed by atoms with E-state index in [0.717, 1.165) is 23.1 Å². The van der Waals surface area contributed by atoms with Crippen molar-refractivity contribution in [3.05, 3.63) is 40.2 Å². The fourth-order valence-electron chi connectivity index (χ4n) is 5.24. The quantitative estimate of drug-likeness (QED) is 0.182. The molecule has 0 saturated carbocycles. The van der Waals surface area contributed by atoms with Crippen LogP contribution in [0.25, 0.3) is 0 Å². The van der Waals surface area contributed by atoms with Gasteiger partial charge in [0, 0.05) is 11.5 Å². The van der Waals surface area contributed by atoms with E-state index in [4.69, 9.17) is 33.5 Å². The Labute approximate surface area is 232 Å². The molecule has 218 valence electrons. The maximum Gasteiger partial charge on any atom is 0.478 e. The van der Waals surface area contributed by atoms with Gasteiger partial charge in [0.1, 0.15) is 5.76 Å². The van der Waals surface area contributed by atoms with E-state index >= 15 is 0 Å². The lowest BCUT2D eigenvalue weighted by Crippen LogP contribution is -2.25. The van der Waals surface area contributed by atoms with Crippen molar-refractivity contribution in [1.82, 2.24) is 0 Å². The van der Waals surface area contributed by atoms with Crippen LogP contribution in [0.2, 0.25) is 0 Å². The number of ketones is 1. The summed E-state index contributed by atoms with van der Waals surface area (Å²) in [6.45, 7) is 14.4. The van der Waals surface area contributed by atoms with Crippen molar-refractivity contribution in [2.24, 2.45) is 11.8 Å². The number of fused-ring (bicyclic) bond motifs is 1. The zero-order valence-electron chi connectivity index (χ0n) is 24.9. The maximum absolute atomic E-state index is 13.3.